The topological polar surface area (TPSA) is 148 Å². The van der Waals surface area contributed by atoms with E-state index >= 15 is 0 Å². The zero-order valence-corrected chi connectivity index (χ0v) is 28.5. The van der Waals surface area contributed by atoms with E-state index in [1.807, 2.05) is 83.1 Å². The van der Waals surface area contributed by atoms with Gasteiger partial charge < -0.3 is 50.1 Å². The van der Waals surface area contributed by atoms with Crippen molar-refractivity contribution in [2.75, 3.05) is 65.9 Å². The third kappa shape index (κ3) is 18.1. The minimum absolute atomic E-state index is 0.154. The molecule has 41 heavy (non-hydrogen) atoms. The Bertz CT molecular complexity index is 663. The van der Waals surface area contributed by atoms with Gasteiger partial charge in [0.2, 0.25) is 0 Å². The van der Waals surface area contributed by atoms with Crippen LogP contribution in [0.4, 0.5) is 0 Å². The fourth-order valence-electron chi connectivity index (χ4n) is 3.40. The summed E-state index contributed by atoms with van der Waals surface area (Å²) < 4.78 is 37.8. The number of hydrogen-bond donors (Lipinski definition) is 4. The maximum atomic E-state index is 9.88. The molecule has 0 aromatic heterocycles. The standard InChI is InChI=1S/C31H66N2O8/c1-25(2,13-15-32)36-19-29(9,10)40-23-31(21-38-27(5,6)17-34,22-39-28(7,8)18-35)24-41-30(11,12)20-37-26(3,4)14-16-33/h34-35H,13-24,32-33H2,1-12H3. The van der Waals surface area contributed by atoms with Crippen LogP contribution in [-0.4, -0.2) is 110 Å². The largest absolute Gasteiger partial charge is 0.393 e. The van der Waals surface area contributed by atoms with Crippen molar-refractivity contribution in [3.05, 3.63) is 0 Å². The van der Waals surface area contributed by atoms with Crippen LogP contribution in [0.2, 0.25) is 0 Å². The van der Waals surface area contributed by atoms with E-state index in [0.29, 0.717) is 26.3 Å². The Kier molecular flexibility index (Phi) is 16.4. The summed E-state index contributed by atoms with van der Waals surface area (Å²) in [6.45, 7) is 25.6. The molecule has 0 aliphatic carbocycles. The monoisotopic (exact) mass is 594 g/mol. The Morgan fingerprint density at radius 1 is 0.390 bits per heavy atom. The Hall–Kier alpha value is -0.400. The van der Waals surface area contributed by atoms with Crippen molar-refractivity contribution in [1.82, 2.24) is 0 Å². The maximum Gasteiger partial charge on any atom is 0.0859 e. The zero-order valence-electron chi connectivity index (χ0n) is 28.5. The highest BCUT2D eigenvalue weighted by Crippen LogP contribution is 2.31. The molecular formula is C31H66N2O8. The van der Waals surface area contributed by atoms with Gasteiger partial charge in [-0.25, -0.2) is 0 Å². The summed E-state index contributed by atoms with van der Waals surface area (Å²) in [5, 5.41) is 19.8. The Morgan fingerprint density at radius 3 is 0.878 bits per heavy atom. The van der Waals surface area contributed by atoms with Crippen molar-refractivity contribution in [2.45, 2.75) is 130 Å². The highest BCUT2D eigenvalue weighted by molar-refractivity contribution is 4.87. The smallest absolute Gasteiger partial charge is 0.0859 e. The summed E-state index contributed by atoms with van der Waals surface area (Å²) in [5.74, 6) is 0. The third-order valence-electron chi connectivity index (χ3n) is 6.95. The zero-order chi connectivity index (χ0) is 32.2. The van der Waals surface area contributed by atoms with Gasteiger partial charge >= 0.3 is 0 Å². The van der Waals surface area contributed by atoms with Crippen molar-refractivity contribution in [3.63, 3.8) is 0 Å². The van der Waals surface area contributed by atoms with E-state index in [-0.39, 0.29) is 50.8 Å². The SMILES string of the molecule is CC(C)(CO)OCC(COC(C)(C)CO)(COC(C)(C)COC(C)(C)CCN)COC(C)(C)COC(C)(C)CCN. The molecule has 10 nitrogen and oxygen atoms in total. The van der Waals surface area contributed by atoms with Gasteiger partial charge in [0.1, 0.15) is 0 Å². The van der Waals surface area contributed by atoms with Crippen molar-refractivity contribution >= 4 is 0 Å². The highest BCUT2D eigenvalue weighted by atomic mass is 16.6. The van der Waals surface area contributed by atoms with Crippen molar-refractivity contribution in [3.8, 4) is 0 Å². The van der Waals surface area contributed by atoms with E-state index in [9.17, 15) is 10.2 Å². The fraction of sp³-hybridized carbons (Fsp3) is 1.00. The number of ether oxygens (including phenoxy) is 6. The van der Waals surface area contributed by atoms with Crippen LogP contribution in [0.3, 0.4) is 0 Å². The van der Waals surface area contributed by atoms with Gasteiger partial charge in [0.05, 0.1) is 91.9 Å². The predicted octanol–water partition coefficient (Wildman–Crippen LogP) is 3.43. The number of nitrogens with two attached hydrogens (primary N) is 2. The molecule has 0 saturated heterocycles. The van der Waals surface area contributed by atoms with Gasteiger partial charge in [0, 0.05) is 0 Å². The molecule has 0 bridgehead atoms. The average molecular weight is 595 g/mol. The van der Waals surface area contributed by atoms with Gasteiger partial charge in [0.15, 0.2) is 0 Å². The summed E-state index contributed by atoms with van der Waals surface area (Å²) in [6, 6.07) is 0. The summed E-state index contributed by atoms with van der Waals surface area (Å²) in [7, 11) is 0. The summed E-state index contributed by atoms with van der Waals surface area (Å²) >= 11 is 0. The van der Waals surface area contributed by atoms with Crippen molar-refractivity contribution < 1.29 is 38.6 Å². The van der Waals surface area contributed by atoms with Crippen LogP contribution in [-0.2, 0) is 28.4 Å². The van der Waals surface area contributed by atoms with Gasteiger partial charge in [-0.15, -0.1) is 0 Å². The summed E-state index contributed by atoms with van der Waals surface area (Å²) in [4.78, 5) is 0. The first-order chi connectivity index (χ1) is 18.5. The van der Waals surface area contributed by atoms with Crippen LogP contribution in [0, 0.1) is 5.41 Å². The molecule has 0 fully saturated rings. The lowest BCUT2D eigenvalue weighted by Gasteiger charge is -2.42. The molecule has 6 N–H and O–H groups in total. The van der Waals surface area contributed by atoms with Crippen molar-refractivity contribution in [1.29, 1.82) is 0 Å². The minimum Gasteiger partial charge on any atom is -0.393 e. The molecule has 0 atom stereocenters. The second-order valence-corrected chi connectivity index (χ2v) is 15.2. The quantitative estimate of drug-likeness (QED) is 0.131. The molecule has 0 heterocycles. The molecule has 10 heteroatoms. The van der Waals surface area contributed by atoms with Crippen LogP contribution < -0.4 is 11.5 Å². The molecule has 248 valence electrons. The van der Waals surface area contributed by atoms with Crippen LogP contribution in [0.5, 0.6) is 0 Å². The van der Waals surface area contributed by atoms with Gasteiger partial charge in [-0.05, 0) is 109 Å². The Morgan fingerprint density at radius 2 is 0.634 bits per heavy atom. The average Bonchev–Trinajstić information content (AvgIpc) is 2.86. The van der Waals surface area contributed by atoms with Crippen LogP contribution >= 0.6 is 0 Å². The summed E-state index contributed by atoms with van der Waals surface area (Å²) in [5.41, 5.74) is 7.13. The molecule has 0 radical (unpaired) electrons. The minimum atomic E-state index is -0.785. The maximum absolute atomic E-state index is 9.88. The molecular weight excluding hydrogens is 528 g/mol. The predicted molar refractivity (Wildman–Crippen MR) is 164 cm³/mol. The number of rotatable bonds is 24. The fourth-order valence-corrected chi connectivity index (χ4v) is 3.40. The molecule has 0 spiro atoms. The van der Waals surface area contributed by atoms with E-state index in [0.717, 1.165) is 12.8 Å². The van der Waals surface area contributed by atoms with E-state index in [4.69, 9.17) is 39.9 Å². The normalized spacial score (nSPS) is 14.6. The van der Waals surface area contributed by atoms with Gasteiger partial charge in [-0.1, -0.05) is 0 Å². The van der Waals surface area contributed by atoms with E-state index < -0.39 is 27.8 Å². The third-order valence-corrected chi connectivity index (χ3v) is 6.95. The lowest BCUT2D eigenvalue weighted by atomic mass is 9.90. The molecule has 0 unspecified atom stereocenters. The molecule has 0 rings (SSSR count). The second kappa shape index (κ2) is 16.6. The van der Waals surface area contributed by atoms with Gasteiger partial charge in [0.25, 0.3) is 0 Å². The van der Waals surface area contributed by atoms with Gasteiger partial charge in [-0.2, -0.15) is 0 Å². The van der Waals surface area contributed by atoms with Gasteiger partial charge in [-0.3, -0.25) is 0 Å². The van der Waals surface area contributed by atoms with Crippen LogP contribution in [0.1, 0.15) is 95.9 Å². The first-order valence-electron chi connectivity index (χ1n) is 14.9. The Labute approximate surface area is 251 Å². The van der Waals surface area contributed by atoms with E-state index in [2.05, 4.69) is 0 Å². The van der Waals surface area contributed by atoms with Crippen molar-refractivity contribution in [2.24, 2.45) is 16.9 Å². The summed E-state index contributed by atoms with van der Waals surface area (Å²) in [6.07, 6.45) is 1.46. The molecule has 0 saturated carbocycles. The van der Waals surface area contributed by atoms with E-state index in [1.54, 1.807) is 0 Å². The first kappa shape index (κ1) is 40.6. The number of aliphatic hydroxyl groups excluding tert-OH is 2. The second-order valence-electron chi connectivity index (χ2n) is 15.2. The lowest BCUT2D eigenvalue weighted by Crippen LogP contribution is -2.51. The molecule has 0 aliphatic heterocycles. The lowest BCUT2D eigenvalue weighted by molar-refractivity contribution is -0.211. The Balaban J connectivity index is 6.05. The van der Waals surface area contributed by atoms with Crippen LogP contribution in [0.25, 0.3) is 0 Å². The molecule has 0 aromatic carbocycles. The number of aliphatic hydroxyl groups is 2. The molecule has 0 aliphatic rings. The van der Waals surface area contributed by atoms with Crippen LogP contribution in [0.15, 0.2) is 0 Å². The molecule has 0 aromatic rings. The number of hydrogen-bond acceptors (Lipinski definition) is 10. The first-order valence-corrected chi connectivity index (χ1v) is 14.9. The highest BCUT2D eigenvalue weighted by Gasteiger charge is 2.40. The van der Waals surface area contributed by atoms with E-state index in [1.165, 1.54) is 0 Å². The molecule has 0 amide bonds.